The zero-order valence-corrected chi connectivity index (χ0v) is 13.7. The highest BCUT2D eigenvalue weighted by atomic mass is 79.9. The zero-order chi connectivity index (χ0) is 14.7. The average molecular weight is 338 g/mol. The Morgan fingerprint density at radius 2 is 2.15 bits per heavy atom. The van der Waals surface area contributed by atoms with Crippen molar-refractivity contribution in [2.24, 2.45) is 0 Å². The zero-order valence-electron chi connectivity index (χ0n) is 12.2. The Hall–Kier alpha value is -1.36. The lowest BCUT2D eigenvalue weighted by molar-refractivity contribution is 0.0946. The van der Waals surface area contributed by atoms with Crippen LogP contribution in [0.15, 0.2) is 16.7 Å². The molecule has 0 saturated heterocycles. The fourth-order valence-corrected chi connectivity index (χ4v) is 2.92. The highest BCUT2D eigenvalue weighted by Crippen LogP contribution is 2.22. The minimum atomic E-state index is -0.0522. The number of rotatable bonds is 5. The van der Waals surface area contributed by atoms with Gasteiger partial charge in [-0.05, 0) is 47.8 Å². The molecule has 108 valence electrons. The van der Waals surface area contributed by atoms with Crippen LogP contribution in [0.1, 0.15) is 47.9 Å². The van der Waals surface area contributed by atoms with Crippen LogP contribution in [0.3, 0.4) is 0 Å². The summed E-state index contributed by atoms with van der Waals surface area (Å²) in [5, 5.41) is 2.98. The van der Waals surface area contributed by atoms with Crippen LogP contribution >= 0.6 is 15.9 Å². The third-order valence-electron chi connectivity index (χ3n) is 3.27. The first kappa shape index (κ1) is 15.0. The maximum Gasteiger partial charge on any atom is 0.270 e. The fourth-order valence-electron chi connectivity index (χ4n) is 2.28. The van der Waals surface area contributed by atoms with Crippen molar-refractivity contribution in [1.29, 1.82) is 0 Å². The van der Waals surface area contributed by atoms with Gasteiger partial charge in [0.2, 0.25) is 0 Å². The van der Waals surface area contributed by atoms with Crippen molar-refractivity contribution < 1.29 is 4.79 Å². The SMILES string of the molecule is CCCCCNC(=O)c1c(C)nc2c(Br)cc(C)cn12. The quantitative estimate of drug-likeness (QED) is 0.846. The van der Waals surface area contributed by atoms with Gasteiger partial charge in [0.15, 0.2) is 5.65 Å². The molecule has 1 N–H and O–H groups in total. The molecule has 2 rings (SSSR count). The molecule has 1 amide bonds. The molecule has 0 saturated carbocycles. The van der Waals surface area contributed by atoms with Crippen molar-refractivity contribution >= 4 is 27.5 Å². The van der Waals surface area contributed by atoms with Crippen molar-refractivity contribution in [1.82, 2.24) is 14.7 Å². The molecule has 0 aliphatic rings. The Balaban J connectivity index is 2.29. The van der Waals surface area contributed by atoms with Gasteiger partial charge in [-0.15, -0.1) is 0 Å². The predicted octanol–water partition coefficient (Wildman–Crippen LogP) is 3.63. The molecule has 2 aromatic rings. The molecule has 2 aromatic heterocycles. The molecule has 0 spiro atoms. The summed E-state index contributed by atoms with van der Waals surface area (Å²) in [5.41, 5.74) is 3.25. The van der Waals surface area contributed by atoms with E-state index in [-0.39, 0.29) is 5.91 Å². The van der Waals surface area contributed by atoms with E-state index in [2.05, 4.69) is 33.2 Å². The number of aryl methyl sites for hydroxylation is 2. The van der Waals surface area contributed by atoms with Crippen LogP contribution in [0, 0.1) is 13.8 Å². The van der Waals surface area contributed by atoms with E-state index >= 15 is 0 Å². The second kappa shape index (κ2) is 6.39. The van der Waals surface area contributed by atoms with Gasteiger partial charge < -0.3 is 5.32 Å². The average Bonchev–Trinajstić information content (AvgIpc) is 2.71. The second-order valence-electron chi connectivity index (χ2n) is 5.07. The summed E-state index contributed by atoms with van der Waals surface area (Å²) < 4.78 is 2.77. The van der Waals surface area contributed by atoms with E-state index < -0.39 is 0 Å². The van der Waals surface area contributed by atoms with Gasteiger partial charge in [-0.2, -0.15) is 0 Å². The van der Waals surface area contributed by atoms with Crippen molar-refractivity contribution in [2.75, 3.05) is 6.54 Å². The summed E-state index contributed by atoms with van der Waals surface area (Å²) in [6.07, 6.45) is 5.25. The topological polar surface area (TPSA) is 46.4 Å². The Bertz CT molecular complexity index is 634. The molecule has 0 atom stereocenters. The molecular weight excluding hydrogens is 318 g/mol. The number of carbonyl (C=O) groups is 1. The van der Waals surface area contributed by atoms with Crippen LogP contribution < -0.4 is 5.32 Å². The van der Waals surface area contributed by atoms with Gasteiger partial charge in [0, 0.05) is 12.7 Å². The number of halogens is 1. The Morgan fingerprint density at radius 1 is 1.40 bits per heavy atom. The highest BCUT2D eigenvalue weighted by molar-refractivity contribution is 9.10. The van der Waals surface area contributed by atoms with Crippen LogP contribution in [0.4, 0.5) is 0 Å². The molecule has 0 radical (unpaired) electrons. The summed E-state index contributed by atoms with van der Waals surface area (Å²) >= 11 is 3.50. The number of nitrogens with one attached hydrogen (secondary N) is 1. The standard InChI is InChI=1S/C15H20BrN3O/c1-4-5-6-7-17-15(20)13-11(3)18-14-12(16)8-10(2)9-19(13)14/h8-9H,4-7H2,1-3H3,(H,17,20). The first-order valence-electron chi connectivity index (χ1n) is 6.97. The molecular formula is C15H20BrN3O. The molecule has 5 heteroatoms. The van der Waals surface area contributed by atoms with Crippen LogP contribution in [-0.4, -0.2) is 21.8 Å². The van der Waals surface area contributed by atoms with Gasteiger partial charge >= 0.3 is 0 Å². The van der Waals surface area contributed by atoms with E-state index in [4.69, 9.17) is 0 Å². The van der Waals surface area contributed by atoms with E-state index in [1.807, 2.05) is 30.5 Å². The van der Waals surface area contributed by atoms with Gasteiger partial charge in [-0.25, -0.2) is 4.98 Å². The summed E-state index contributed by atoms with van der Waals surface area (Å²) in [6, 6.07) is 2.00. The van der Waals surface area contributed by atoms with Crippen molar-refractivity contribution in [2.45, 2.75) is 40.0 Å². The molecule has 0 aliphatic carbocycles. The van der Waals surface area contributed by atoms with Crippen LogP contribution in [-0.2, 0) is 0 Å². The third kappa shape index (κ3) is 3.03. The molecule has 0 aromatic carbocycles. The Morgan fingerprint density at radius 3 is 2.85 bits per heavy atom. The van der Waals surface area contributed by atoms with E-state index in [1.165, 1.54) is 0 Å². The number of nitrogens with zero attached hydrogens (tertiary/aromatic N) is 2. The van der Waals surface area contributed by atoms with Gasteiger partial charge in [-0.1, -0.05) is 19.8 Å². The summed E-state index contributed by atoms with van der Waals surface area (Å²) in [5.74, 6) is -0.0522. The highest BCUT2D eigenvalue weighted by Gasteiger charge is 2.17. The molecule has 4 nitrogen and oxygen atoms in total. The Kier molecular flexibility index (Phi) is 4.81. The number of amides is 1. The molecule has 0 unspecified atom stereocenters. The number of imidazole rings is 1. The monoisotopic (exact) mass is 337 g/mol. The maximum atomic E-state index is 12.3. The van der Waals surface area contributed by atoms with Crippen LogP contribution in [0.25, 0.3) is 5.65 Å². The molecule has 0 bridgehead atoms. The summed E-state index contributed by atoms with van der Waals surface area (Å²) in [4.78, 5) is 16.8. The van der Waals surface area contributed by atoms with Gasteiger partial charge in [0.05, 0.1) is 10.2 Å². The first-order valence-corrected chi connectivity index (χ1v) is 7.77. The van der Waals surface area contributed by atoms with Gasteiger partial charge in [-0.3, -0.25) is 9.20 Å². The maximum absolute atomic E-state index is 12.3. The molecule has 20 heavy (non-hydrogen) atoms. The first-order chi connectivity index (χ1) is 9.54. The summed E-state index contributed by atoms with van der Waals surface area (Å²) in [6.45, 7) is 6.74. The lowest BCUT2D eigenvalue weighted by Crippen LogP contribution is -2.26. The number of pyridine rings is 1. The lowest BCUT2D eigenvalue weighted by Gasteiger charge is -2.06. The van der Waals surface area contributed by atoms with E-state index in [1.54, 1.807) is 0 Å². The smallest absolute Gasteiger partial charge is 0.270 e. The number of hydrogen-bond donors (Lipinski definition) is 1. The lowest BCUT2D eigenvalue weighted by atomic mass is 10.2. The van der Waals surface area contributed by atoms with Gasteiger partial charge in [0.1, 0.15) is 5.69 Å². The minimum Gasteiger partial charge on any atom is -0.351 e. The molecule has 2 heterocycles. The van der Waals surface area contributed by atoms with Crippen molar-refractivity contribution in [3.8, 4) is 0 Å². The third-order valence-corrected chi connectivity index (χ3v) is 3.85. The van der Waals surface area contributed by atoms with Crippen molar-refractivity contribution in [3.05, 3.63) is 33.7 Å². The van der Waals surface area contributed by atoms with Crippen molar-refractivity contribution in [3.63, 3.8) is 0 Å². The minimum absolute atomic E-state index is 0.0522. The van der Waals surface area contributed by atoms with Gasteiger partial charge in [0.25, 0.3) is 5.91 Å². The molecule has 0 fully saturated rings. The van der Waals surface area contributed by atoms with E-state index in [9.17, 15) is 4.79 Å². The number of hydrogen-bond acceptors (Lipinski definition) is 2. The number of fused-ring (bicyclic) bond motifs is 1. The van der Waals surface area contributed by atoms with E-state index in [0.717, 1.165) is 40.6 Å². The van der Waals surface area contributed by atoms with Crippen LogP contribution in [0.5, 0.6) is 0 Å². The predicted molar refractivity (Wildman–Crippen MR) is 84.2 cm³/mol. The summed E-state index contributed by atoms with van der Waals surface area (Å²) in [7, 11) is 0. The largest absolute Gasteiger partial charge is 0.351 e. The van der Waals surface area contributed by atoms with E-state index in [0.29, 0.717) is 12.2 Å². The normalized spacial score (nSPS) is 11.0. The van der Waals surface area contributed by atoms with Crippen LogP contribution in [0.2, 0.25) is 0 Å². The number of aromatic nitrogens is 2. The molecule has 0 aliphatic heterocycles. The fraction of sp³-hybridized carbons (Fsp3) is 0.467. The number of carbonyl (C=O) groups excluding carboxylic acids is 1. The number of unbranched alkanes of at least 4 members (excludes halogenated alkanes) is 2. The second-order valence-corrected chi connectivity index (χ2v) is 5.92. The Labute approximate surface area is 127 Å².